The number of rotatable bonds is 5. The molecule has 0 saturated heterocycles. The monoisotopic (exact) mass is 315 g/mol. The minimum Gasteiger partial charge on any atom is -0.349 e. The number of aromatic nitrogens is 4. The Hall–Kier alpha value is -3.30. The van der Waals surface area contributed by atoms with E-state index in [1.54, 1.807) is 6.07 Å². The van der Waals surface area contributed by atoms with Gasteiger partial charge in [0.2, 0.25) is 18.1 Å². The normalized spacial score (nSPS) is 13.0. The maximum Gasteiger partial charge on any atom is 0.287 e. The van der Waals surface area contributed by atoms with Crippen molar-refractivity contribution in [1.29, 1.82) is 0 Å². The van der Waals surface area contributed by atoms with Gasteiger partial charge in [-0.2, -0.15) is 10.2 Å². The Balaban J connectivity index is 1.82. The summed E-state index contributed by atoms with van der Waals surface area (Å²) in [4.78, 5) is 38.7. The molecule has 10 heteroatoms. The van der Waals surface area contributed by atoms with Gasteiger partial charge >= 0.3 is 0 Å². The summed E-state index contributed by atoms with van der Waals surface area (Å²) in [6, 6.07) is 1.72. The van der Waals surface area contributed by atoms with Crippen LogP contribution in [-0.2, 0) is 29.2 Å². The van der Waals surface area contributed by atoms with Crippen LogP contribution in [0.3, 0.4) is 0 Å². The van der Waals surface area contributed by atoms with Crippen LogP contribution in [0, 0.1) is 0 Å². The predicted octanol–water partition coefficient (Wildman–Crippen LogP) is -1.20. The average Bonchev–Trinajstić information content (AvgIpc) is 2.92. The zero-order valence-corrected chi connectivity index (χ0v) is 11.9. The Labute approximate surface area is 130 Å². The van der Waals surface area contributed by atoms with E-state index < -0.39 is 5.91 Å². The van der Waals surface area contributed by atoms with E-state index in [9.17, 15) is 14.4 Å². The summed E-state index contributed by atoms with van der Waals surface area (Å²) < 4.78 is 1.49. The molecule has 0 fully saturated rings. The summed E-state index contributed by atoms with van der Waals surface area (Å²) >= 11 is 0. The fraction of sp³-hybridized carbons (Fsp3) is 0.231. The molecule has 2 aromatic rings. The molecular formula is C13H13N7O3. The number of anilines is 1. The first-order valence-electron chi connectivity index (χ1n) is 6.79. The first-order valence-corrected chi connectivity index (χ1v) is 6.79. The van der Waals surface area contributed by atoms with Crippen LogP contribution in [0.4, 0.5) is 5.82 Å². The molecule has 0 aromatic carbocycles. The number of carbonyl (C=O) groups is 3. The lowest BCUT2D eigenvalue weighted by Crippen LogP contribution is -2.36. The fourth-order valence-electron chi connectivity index (χ4n) is 2.25. The lowest BCUT2D eigenvalue weighted by Gasteiger charge is -2.17. The Bertz CT molecular complexity index is 756. The number of amides is 3. The Morgan fingerprint density at radius 2 is 2.30 bits per heavy atom. The van der Waals surface area contributed by atoms with E-state index in [-0.39, 0.29) is 37.2 Å². The lowest BCUT2D eigenvalue weighted by molar-refractivity contribution is -0.122. The van der Waals surface area contributed by atoms with Crippen molar-refractivity contribution in [2.45, 2.75) is 19.6 Å². The number of hydrogen-bond acceptors (Lipinski definition) is 6. The van der Waals surface area contributed by atoms with Crippen LogP contribution in [0.2, 0.25) is 0 Å². The molecule has 0 saturated carbocycles. The summed E-state index contributed by atoms with van der Waals surface area (Å²) in [7, 11) is 0. The predicted molar refractivity (Wildman–Crippen MR) is 77.0 cm³/mol. The topological polar surface area (TPSA) is 131 Å². The second-order valence-electron chi connectivity index (χ2n) is 4.79. The highest BCUT2D eigenvalue weighted by Crippen LogP contribution is 2.19. The summed E-state index contributed by atoms with van der Waals surface area (Å²) in [6.45, 7) is 0.422. The molecule has 118 valence electrons. The van der Waals surface area contributed by atoms with Crippen LogP contribution in [-0.4, -0.2) is 38.0 Å². The maximum absolute atomic E-state index is 12.3. The van der Waals surface area contributed by atoms with Gasteiger partial charge in [-0.05, 0) is 11.6 Å². The molecule has 3 N–H and O–H groups in total. The molecular weight excluding hydrogens is 302 g/mol. The van der Waals surface area contributed by atoms with Crippen LogP contribution in [0.5, 0.6) is 0 Å². The van der Waals surface area contributed by atoms with Gasteiger partial charge in [0.05, 0.1) is 18.4 Å². The summed E-state index contributed by atoms with van der Waals surface area (Å²) in [5.41, 5.74) is 1.36. The van der Waals surface area contributed by atoms with Gasteiger partial charge in [0, 0.05) is 12.7 Å². The molecule has 10 nitrogen and oxygen atoms in total. The number of nitrogens with zero attached hydrogens (tertiary/aromatic N) is 4. The third kappa shape index (κ3) is 3.00. The maximum atomic E-state index is 12.3. The average molecular weight is 315 g/mol. The fourth-order valence-corrected chi connectivity index (χ4v) is 2.25. The Kier molecular flexibility index (Phi) is 3.95. The Morgan fingerprint density at radius 3 is 3.04 bits per heavy atom. The molecule has 23 heavy (non-hydrogen) atoms. The molecule has 1 aliphatic rings. The van der Waals surface area contributed by atoms with E-state index in [1.165, 1.54) is 17.0 Å². The van der Waals surface area contributed by atoms with Crippen molar-refractivity contribution in [2.75, 3.05) is 5.32 Å². The van der Waals surface area contributed by atoms with Crippen molar-refractivity contribution in [3.63, 3.8) is 0 Å². The minimum atomic E-state index is -0.447. The van der Waals surface area contributed by atoms with Crippen molar-refractivity contribution >= 4 is 24.0 Å². The molecule has 3 rings (SSSR count). The van der Waals surface area contributed by atoms with Gasteiger partial charge in [0.25, 0.3) is 5.91 Å². The molecule has 0 bridgehead atoms. The second kappa shape index (κ2) is 6.22. The Morgan fingerprint density at radius 1 is 1.43 bits per heavy atom. The van der Waals surface area contributed by atoms with Crippen molar-refractivity contribution < 1.29 is 14.4 Å². The van der Waals surface area contributed by atoms with Crippen molar-refractivity contribution in [3.8, 4) is 0 Å². The molecule has 0 unspecified atom stereocenters. The molecule has 2 aromatic heterocycles. The van der Waals surface area contributed by atoms with Crippen molar-refractivity contribution in [3.05, 3.63) is 35.5 Å². The standard InChI is InChI=1S/C13H13N7O3/c21-7-16-11-9-5-14-10(22)6-20(9)12(19-11)13(23)15-3-8-1-2-17-18-4-8/h1-2,4,7H,3,5-6H2,(H,14,22)(H,15,23)(H,16,21). The van der Waals surface area contributed by atoms with Gasteiger partial charge in [-0.25, -0.2) is 4.98 Å². The van der Waals surface area contributed by atoms with Gasteiger partial charge in [0.1, 0.15) is 6.54 Å². The highest BCUT2D eigenvalue weighted by Gasteiger charge is 2.26. The first kappa shape index (κ1) is 14.6. The smallest absolute Gasteiger partial charge is 0.287 e. The van der Waals surface area contributed by atoms with E-state index in [1.807, 2.05) is 0 Å². The number of carbonyl (C=O) groups excluding carboxylic acids is 3. The van der Waals surface area contributed by atoms with Gasteiger partial charge in [-0.3, -0.25) is 14.4 Å². The molecule has 3 heterocycles. The molecule has 0 aliphatic carbocycles. The van der Waals surface area contributed by atoms with Crippen LogP contribution in [0.25, 0.3) is 0 Å². The van der Waals surface area contributed by atoms with E-state index in [4.69, 9.17) is 0 Å². The first-order chi connectivity index (χ1) is 11.2. The van der Waals surface area contributed by atoms with E-state index in [2.05, 4.69) is 31.1 Å². The third-order valence-corrected chi connectivity index (χ3v) is 3.32. The lowest BCUT2D eigenvalue weighted by atomic mass is 10.3. The van der Waals surface area contributed by atoms with E-state index in [0.717, 1.165) is 5.56 Å². The SMILES string of the molecule is O=CNc1nc(C(=O)NCc2ccnnc2)n2c1CNC(=O)C2. The second-order valence-corrected chi connectivity index (χ2v) is 4.79. The molecule has 0 spiro atoms. The molecule has 0 radical (unpaired) electrons. The summed E-state index contributed by atoms with van der Waals surface area (Å²) in [6.07, 6.45) is 3.54. The molecule has 1 aliphatic heterocycles. The van der Waals surface area contributed by atoms with Crippen LogP contribution in [0.1, 0.15) is 21.9 Å². The van der Waals surface area contributed by atoms with Gasteiger partial charge in [0.15, 0.2) is 5.82 Å². The zero-order chi connectivity index (χ0) is 16.2. The highest BCUT2D eigenvalue weighted by molar-refractivity contribution is 5.93. The van der Waals surface area contributed by atoms with Crippen LogP contribution in [0.15, 0.2) is 18.5 Å². The van der Waals surface area contributed by atoms with Crippen molar-refractivity contribution in [1.82, 2.24) is 30.4 Å². The summed E-state index contributed by atoms with van der Waals surface area (Å²) in [5, 5.41) is 15.2. The van der Waals surface area contributed by atoms with E-state index in [0.29, 0.717) is 12.1 Å². The van der Waals surface area contributed by atoms with Gasteiger partial charge < -0.3 is 20.5 Å². The number of nitrogens with one attached hydrogen (secondary N) is 3. The highest BCUT2D eigenvalue weighted by atomic mass is 16.2. The number of imidazole rings is 1. The van der Waals surface area contributed by atoms with Crippen LogP contribution >= 0.6 is 0 Å². The summed E-state index contributed by atoms with van der Waals surface area (Å²) in [5.74, 6) is -0.339. The quantitative estimate of drug-likeness (QED) is 0.594. The largest absolute Gasteiger partial charge is 0.349 e. The van der Waals surface area contributed by atoms with Gasteiger partial charge in [-0.15, -0.1) is 0 Å². The third-order valence-electron chi connectivity index (χ3n) is 3.32. The van der Waals surface area contributed by atoms with Crippen LogP contribution < -0.4 is 16.0 Å². The van der Waals surface area contributed by atoms with Gasteiger partial charge in [-0.1, -0.05) is 0 Å². The number of fused-ring (bicyclic) bond motifs is 1. The molecule has 3 amide bonds. The number of hydrogen-bond donors (Lipinski definition) is 3. The molecule has 0 atom stereocenters. The minimum absolute atomic E-state index is 0.0254. The van der Waals surface area contributed by atoms with Crippen molar-refractivity contribution in [2.24, 2.45) is 0 Å². The van der Waals surface area contributed by atoms with E-state index >= 15 is 0 Å². The zero-order valence-electron chi connectivity index (χ0n) is 11.9.